The Bertz CT molecular complexity index is 857. The van der Waals surface area contributed by atoms with E-state index < -0.39 is 11.7 Å². The van der Waals surface area contributed by atoms with Gasteiger partial charge in [-0.25, -0.2) is 0 Å². The molecule has 0 amide bonds. The Morgan fingerprint density at radius 2 is 1.70 bits per heavy atom. The summed E-state index contributed by atoms with van der Waals surface area (Å²) in [5.74, 6) is 1.39. The van der Waals surface area contributed by atoms with Crippen molar-refractivity contribution in [3.05, 3.63) is 52.5 Å². The van der Waals surface area contributed by atoms with Crippen molar-refractivity contribution in [1.82, 2.24) is 0 Å². The van der Waals surface area contributed by atoms with E-state index in [1.165, 1.54) is 56.2 Å². The number of alkyl halides is 3. The number of nitrogens with one attached hydrogen (secondary N) is 1. The van der Waals surface area contributed by atoms with E-state index in [1.54, 1.807) is 6.07 Å². The van der Waals surface area contributed by atoms with Gasteiger partial charge >= 0.3 is 6.18 Å². The van der Waals surface area contributed by atoms with Crippen LogP contribution in [0, 0.1) is 11.8 Å². The Kier molecular flexibility index (Phi) is 6.88. The van der Waals surface area contributed by atoms with E-state index in [0.717, 1.165) is 40.5 Å². The molecule has 1 heterocycles. The van der Waals surface area contributed by atoms with Gasteiger partial charge in [0.15, 0.2) is 0 Å². The second-order valence-corrected chi connectivity index (χ2v) is 10.2. The first kappa shape index (κ1) is 21.9. The lowest BCUT2D eigenvalue weighted by Gasteiger charge is -2.29. The van der Waals surface area contributed by atoms with Crippen LogP contribution in [0.4, 0.5) is 24.5 Å². The summed E-state index contributed by atoms with van der Waals surface area (Å²) < 4.78 is 44.3. The topological polar surface area (TPSA) is 15.3 Å². The fraction of sp³-hybridized carbons (Fsp3) is 0.478. The van der Waals surface area contributed by atoms with Gasteiger partial charge < -0.3 is 9.62 Å². The van der Waals surface area contributed by atoms with Gasteiger partial charge in [0.05, 0.1) is 16.9 Å². The second kappa shape index (κ2) is 9.43. The molecule has 2 bridgehead atoms. The van der Waals surface area contributed by atoms with Crippen molar-refractivity contribution >= 4 is 39.3 Å². The van der Waals surface area contributed by atoms with Gasteiger partial charge in [0, 0.05) is 22.5 Å². The minimum absolute atomic E-state index is 0.534. The van der Waals surface area contributed by atoms with Gasteiger partial charge in [0.1, 0.15) is 0 Å². The first-order valence-corrected chi connectivity index (χ1v) is 12.1. The first-order valence-electron chi connectivity index (χ1n) is 10.5. The molecule has 162 valence electrons. The molecule has 2 nitrogen and oxygen atoms in total. The quantitative estimate of drug-likeness (QED) is 0.429. The molecule has 2 aromatic rings. The van der Waals surface area contributed by atoms with Crippen molar-refractivity contribution in [2.75, 3.05) is 22.7 Å². The van der Waals surface area contributed by atoms with Gasteiger partial charge in [-0.1, -0.05) is 35.2 Å². The van der Waals surface area contributed by atoms with Crippen molar-refractivity contribution in [1.29, 1.82) is 0 Å². The van der Waals surface area contributed by atoms with Gasteiger partial charge in [-0.15, -0.1) is 0 Å². The van der Waals surface area contributed by atoms with Crippen LogP contribution in [0.5, 0.6) is 0 Å². The highest BCUT2D eigenvalue weighted by Gasteiger charge is 2.32. The van der Waals surface area contributed by atoms with Crippen LogP contribution in [0.25, 0.3) is 0 Å². The van der Waals surface area contributed by atoms with Crippen LogP contribution in [0.15, 0.2) is 51.8 Å². The zero-order valence-electron chi connectivity index (χ0n) is 16.7. The minimum atomic E-state index is -4.36. The number of hydrogen-bond donors (Lipinski definition) is 1. The maximum Gasteiger partial charge on any atom is 0.416 e. The smallest absolute Gasteiger partial charge is 0.370 e. The summed E-state index contributed by atoms with van der Waals surface area (Å²) in [5, 5.41) is 0. The Hall–Kier alpha value is -1.34. The lowest BCUT2D eigenvalue weighted by Crippen LogP contribution is -2.29. The molecule has 30 heavy (non-hydrogen) atoms. The summed E-state index contributed by atoms with van der Waals surface area (Å²) in [4.78, 5) is 3.26. The first-order chi connectivity index (χ1) is 14.4. The fourth-order valence-corrected chi connectivity index (χ4v) is 5.58. The summed E-state index contributed by atoms with van der Waals surface area (Å²) in [5.41, 5.74) is 0.793. The fourth-order valence-electron chi connectivity index (χ4n) is 4.65. The predicted octanol–water partition coefficient (Wildman–Crippen LogP) is 7.99. The van der Waals surface area contributed by atoms with Gasteiger partial charge in [0.2, 0.25) is 0 Å². The molecule has 2 aliphatic rings. The third kappa shape index (κ3) is 5.47. The maximum absolute atomic E-state index is 13.4. The average Bonchev–Trinajstić information content (AvgIpc) is 3.07. The lowest BCUT2D eigenvalue weighted by molar-refractivity contribution is -0.137. The van der Waals surface area contributed by atoms with Crippen molar-refractivity contribution in [2.45, 2.75) is 49.6 Å². The number of nitrogens with zero attached hydrogens (tertiary/aromatic N) is 1. The molecule has 7 heteroatoms. The molecule has 1 saturated heterocycles. The molecule has 0 radical (unpaired) electrons. The molecule has 0 aromatic heterocycles. The average molecular weight is 499 g/mol. The van der Waals surface area contributed by atoms with E-state index >= 15 is 0 Å². The van der Waals surface area contributed by atoms with Crippen LogP contribution in [-0.2, 0) is 6.18 Å². The van der Waals surface area contributed by atoms with E-state index in [9.17, 15) is 13.2 Å². The summed E-state index contributed by atoms with van der Waals surface area (Å²) >= 11 is 4.75. The highest BCUT2D eigenvalue weighted by molar-refractivity contribution is 9.10. The van der Waals surface area contributed by atoms with E-state index in [-0.39, 0.29) is 0 Å². The van der Waals surface area contributed by atoms with E-state index in [2.05, 4.69) is 25.6 Å². The van der Waals surface area contributed by atoms with Crippen molar-refractivity contribution in [3.63, 3.8) is 0 Å². The number of halogens is 4. The molecule has 1 aliphatic carbocycles. The third-order valence-electron chi connectivity index (χ3n) is 6.18. The van der Waals surface area contributed by atoms with Crippen LogP contribution in [-0.4, -0.2) is 13.1 Å². The largest absolute Gasteiger partial charge is 0.416 e. The molecule has 1 saturated carbocycles. The summed E-state index contributed by atoms with van der Waals surface area (Å²) in [6, 6.07) is 11.8. The monoisotopic (exact) mass is 498 g/mol. The van der Waals surface area contributed by atoms with E-state index in [0.29, 0.717) is 11.6 Å². The molecular formula is C23H26BrF3N2S. The number of rotatable bonds is 4. The minimum Gasteiger partial charge on any atom is -0.370 e. The standard InChI is InChI=1S/C23H26BrF3N2S/c24-19-6-8-20(9-7-19)30-28-21-14-18(23(25,26)27)5-10-22(21)29-12-11-16-3-1-2-4-17(13-16)15-29/h5-10,14,16-17,28H,1-4,11-13,15H2/t16-,17?/m1/s1. The van der Waals surface area contributed by atoms with Gasteiger partial charge in [-0.2, -0.15) is 13.2 Å². The number of hydrogen-bond acceptors (Lipinski definition) is 3. The SMILES string of the molecule is FC(F)(F)c1ccc(N2CC[C@H]3CCCCC(C3)C2)c(NSc2ccc(Br)cc2)c1. The number of benzene rings is 2. The Labute approximate surface area is 188 Å². The number of anilines is 2. The zero-order valence-corrected chi connectivity index (χ0v) is 19.1. The van der Waals surface area contributed by atoms with Gasteiger partial charge in [-0.3, -0.25) is 0 Å². The normalized spacial score (nSPS) is 22.3. The third-order valence-corrected chi connectivity index (χ3v) is 7.54. The Balaban J connectivity index is 1.60. The van der Waals surface area contributed by atoms with Crippen molar-refractivity contribution in [3.8, 4) is 0 Å². The molecule has 2 aromatic carbocycles. The summed E-state index contributed by atoms with van der Waals surface area (Å²) in [6.45, 7) is 1.84. The maximum atomic E-state index is 13.4. The Morgan fingerprint density at radius 3 is 2.43 bits per heavy atom. The van der Waals surface area contributed by atoms with Crippen molar-refractivity contribution in [2.24, 2.45) is 11.8 Å². The molecule has 1 aliphatic heterocycles. The van der Waals surface area contributed by atoms with Crippen LogP contribution < -0.4 is 9.62 Å². The van der Waals surface area contributed by atoms with E-state index in [4.69, 9.17) is 0 Å². The molecule has 2 fully saturated rings. The van der Waals surface area contributed by atoms with Gasteiger partial charge in [0.25, 0.3) is 0 Å². The molecule has 2 atom stereocenters. The van der Waals surface area contributed by atoms with E-state index in [1.807, 2.05) is 24.3 Å². The van der Waals surface area contributed by atoms with Crippen molar-refractivity contribution < 1.29 is 13.2 Å². The highest BCUT2D eigenvalue weighted by Crippen LogP contribution is 2.40. The van der Waals surface area contributed by atoms with Crippen LogP contribution in [0.1, 0.15) is 44.1 Å². The predicted molar refractivity (Wildman–Crippen MR) is 122 cm³/mol. The number of fused-ring (bicyclic) bond motifs is 2. The highest BCUT2D eigenvalue weighted by atomic mass is 79.9. The summed E-state index contributed by atoms with van der Waals surface area (Å²) in [6.07, 6.45) is 3.13. The molecule has 0 spiro atoms. The summed E-state index contributed by atoms with van der Waals surface area (Å²) in [7, 11) is 0. The van der Waals surface area contributed by atoms with Crippen LogP contribution >= 0.6 is 27.9 Å². The van der Waals surface area contributed by atoms with Crippen LogP contribution in [0.3, 0.4) is 0 Å². The Morgan fingerprint density at radius 1 is 0.967 bits per heavy atom. The lowest BCUT2D eigenvalue weighted by atomic mass is 9.93. The second-order valence-electron chi connectivity index (χ2n) is 8.37. The van der Waals surface area contributed by atoms with Gasteiger partial charge in [-0.05, 0) is 85.5 Å². The molecule has 1 unspecified atom stereocenters. The molecular weight excluding hydrogens is 473 g/mol. The molecule has 1 N–H and O–H groups in total. The zero-order chi connectivity index (χ0) is 21.1. The van der Waals surface area contributed by atoms with Crippen LogP contribution in [0.2, 0.25) is 0 Å². The molecule has 4 rings (SSSR count).